The molecule has 1 fully saturated rings. The van der Waals surface area contributed by atoms with Crippen LogP contribution in [0.4, 0.5) is 0 Å². The van der Waals surface area contributed by atoms with Gasteiger partial charge < -0.3 is 9.47 Å². The van der Waals surface area contributed by atoms with Gasteiger partial charge in [0.1, 0.15) is 5.75 Å². The second-order valence-corrected chi connectivity index (χ2v) is 6.69. The minimum absolute atomic E-state index is 0.101. The summed E-state index contributed by atoms with van der Waals surface area (Å²) in [6.45, 7) is 7.81. The highest BCUT2D eigenvalue weighted by atomic mass is 16.5. The Bertz CT molecular complexity index is 629. The molecule has 2 heterocycles. The fourth-order valence-corrected chi connectivity index (χ4v) is 3.85. The van der Waals surface area contributed by atoms with Gasteiger partial charge in [0.05, 0.1) is 13.2 Å². The Morgan fingerprint density at radius 3 is 2.70 bits per heavy atom. The third kappa shape index (κ3) is 2.96. The van der Waals surface area contributed by atoms with Crippen LogP contribution < -0.4 is 4.74 Å². The number of para-hydroxylation sites is 1. The fraction of sp³-hybridized carbons (Fsp3) is 0.500. The van der Waals surface area contributed by atoms with Crippen molar-refractivity contribution in [3.63, 3.8) is 0 Å². The zero-order valence-corrected chi connectivity index (χ0v) is 13.7. The van der Waals surface area contributed by atoms with E-state index in [2.05, 4.69) is 35.8 Å². The lowest BCUT2D eigenvalue weighted by molar-refractivity contribution is -0.0455. The van der Waals surface area contributed by atoms with E-state index < -0.39 is 0 Å². The number of morpholine rings is 1. The van der Waals surface area contributed by atoms with Gasteiger partial charge in [0, 0.05) is 30.6 Å². The zero-order valence-electron chi connectivity index (χ0n) is 13.7. The van der Waals surface area contributed by atoms with E-state index >= 15 is 0 Å². The van der Waals surface area contributed by atoms with Crippen LogP contribution in [0.25, 0.3) is 11.1 Å². The largest absolute Gasteiger partial charge is 0.473 e. The molecule has 0 bridgehead atoms. The van der Waals surface area contributed by atoms with Crippen molar-refractivity contribution < 1.29 is 9.47 Å². The standard InChI is InChI=1S/C20H25NO2/c1-15-14-19(21-10-12-22-13-11-21)23-20-17(15)8-5-9-18(20)16-6-3-2-4-7-16/h5-6,8-9,19H,1-4,7,10-14H2. The van der Waals surface area contributed by atoms with Crippen LogP contribution in [0.5, 0.6) is 5.75 Å². The SMILES string of the molecule is C=C1CC(N2CCOCC2)Oc2c1cccc2C1=CCCCC1. The average Bonchev–Trinajstić information content (AvgIpc) is 2.63. The summed E-state index contributed by atoms with van der Waals surface area (Å²) in [4.78, 5) is 2.39. The minimum atomic E-state index is 0.101. The number of ether oxygens (including phenoxy) is 2. The summed E-state index contributed by atoms with van der Waals surface area (Å²) in [7, 11) is 0. The molecule has 0 spiro atoms. The van der Waals surface area contributed by atoms with E-state index in [0.717, 1.165) is 44.9 Å². The summed E-state index contributed by atoms with van der Waals surface area (Å²) in [5.74, 6) is 1.05. The van der Waals surface area contributed by atoms with Gasteiger partial charge in [-0.3, -0.25) is 4.90 Å². The Morgan fingerprint density at radius 1 is 1.09 bits per heavy atom. The summed E-state index contributed by atoms with van der Waals surface area (Å²) in [6.07, 6.45) is 8.32. The summed E-state index contributed by atoms with van der Waals surface area (Å²) < 4.78 is 12.0. The summed E-state index contributed by atoms with van der Waals surface area (Å²) in [6, 6.07) is 6.51. The fourth-order valence-electron chi connectivity index (χ4n) is 3.85. The third-order valence-corrected chi connectivity index (χ3v) is 5.16. The number of fused-ring (bicyclic) bond motifs is 1. The second-order valence-electron chi connectivity index (χ2n) is 6.69. The number of allylic oxidation sites excluding steroid dienone is 2. The quantitative estimate of drug-likeness (QED) is 0.821. The lowest BCUT2D eigenvalue weighted by atomic mass is 9.89. The van der Waals surface area contributed by atoms with Crippen LogP contribution in [0.3, 0.4) is 0 Å². The molecule has 1 saturated heterocycles. The molecule has 3 aliphatic rings. The van der Waals surface area contributed by atoms with Crippen molar-refractivity contribution in [1.82, 2.24) is 4.90 Å². The van der Waals surface area contributed by atoms with E-state index in [1.54, 1.807) is 0 Å². The van der Waals surface area contributed by atoms with Crippen molar-refractivity contribution in [2.24, 2.45) is 0 Å². The van der Waals surface area contributed by atoms with E-state index in [1.807, 2.05) is 0 Å². The zero-order chi connectivity index (χ0) is 15.6. The molecule has 1 aromatic carbocycles. The molecule has 1 atom stereocenters. The molecule has 1 aromatic rings. The van der Waals surface area contributed by atoms with Gasteiger partial charge in [0.2, 0.25) is 0 Å². The first kappa shape index (κ1) is 15.0. The minimum Gasteiger partial charge on any atom is -0.473 e. The molecule has 3 nitrogen and oxygen atoms in total. The highest BCUT2D eigenvalue weighted by Crippen LogP contribution is 2.42. The smallest absolute Gasteiger partial charge is 0.156 e. The van der Waals surface area contributed by atoms with E-state index in [9.17, 15) is 0 Å². The summed E-state index contributed by atoms with van der Waals surface area (Å²) in [5.41, 5.74) is 5.12. The molecule has 2 aliphatic heterocycles. The van der Waals surface area contributed by atoms with Gasteiger partial charge in [-0.1, -0.05) is 30.9 Å². The van der Waals surface area contributed by atoms with E-state index in [0.29, 0.717) is 0 Å². The molecular weight excluding hydrogens is 286 g/mol. The maximum atomic E-state index is 6.49. The predicted molar refractivity (Wildman–Crippen MR) is 93.3 cm³/mol. The van der Waals surface area contributed by atoms with E-state index in [1.165, 1.54) is 41.5 Å². The second kappa shape index (κ2) is 6.50. The first-order valence-electron chi connectivity index (χ1n) is 8.82. The van der Waals surface area contributed by atoms with Crippen LogP contribution in [0, 0.1) is 0 Å². The maximum absolute atomic E-state index is 6.49. The van der Waals surface area contributed by atoms with Crippen LogP contribution >= 0.6 is 0 Å². The molecule has 0 radical (unpaired) electrons. The molecular formula is C20H25NO2. The lowest BCUT2D eigenvalue weighted by Gasteiger charge is -2.38. The number of rotatable bonds is 2. The molecule has 0 amide bonds. The van der Waals surface area contributed by atoms with Crippen molar-refractivity contribution in [3.8, 4) is 5.75 Å². The Labute approximate surface area is 138 Å². The Morgan fingerprint density at radius 2 is 1.91 bits per heavy atom. The molecule has 0 aromatic heterocycles. The molecule has 23 heavy (non-hydrogen) atoms. The van der Waals surface area contributed by atoms with Crippen molar-refractivity contribution in [2.75, 3.05) is 26.3 Å². The topological polar surface area (TPSA) is 21.7 Å². The van der Waals surface area contributed by atoms with Crippen LogP contribution in [0.15, 0.2) is 30.9 Å². The Hall–Kier alpha value is -1.58. The predicted octanol–water partition coefficient (Wildman–Crippen LogP) is 4.10. The first-order chi connectivity index (χ1) is 11.3. The first-order valence-corrected chi connectivity index (χ1v) is 8.82. The molecule has 3 heteroatoms. The van der Waals surface area contributed by atoms with Crippen LogP contribution in [0.1, 0.15) is 43.2 Å². The average molecular weight is 311 g/mol. The van der Waals surface area contributed by atoms with Crippen LogP contribution in [0.2, 0.25) is 0 Å². The van der Waals surface area contributed by atoms with Gasteiger partial charge in [0.15, 0.2) is 6.23 Å². The molecule has 1 unspecified atom stereocenters. The Kier molecular flexibility index (Phi) is 4.23. The molecule has 1 aliphatic carbocycles. The van der Waals surface area contributed by atoms with Crippen molar-refractivity contribution in [2.45, 2.75) is 38.3 Å². The highest BCUT2D eigenvalue weighted by Gasteiger charge is 2.30. The Balaban J connectivity index is 1.67. The van der Waals surface area contributed by atoms with Gasteiger partial charge in [-0.05, 0) is 36.8 Å². The van der Waals surface area contributed by atoms with Gasteiger partial charge in [-0.2, -0.15) is 0 Å². The molecule has 4 rings (SSSR count). The number of benzene rings is 1. The monoisotopic (exact) mass is 311 g/mol. The highest BCUT2D eigenvalue weighted by molar-refractivity contribution is 5.80. The number of hydrogen-bond donors (Lipinski definition) is 0. The number of nitrogens with zero attached hydrogens (tertiary/aromatic N) is 1. The molecule has 122 valence electrons. The third-order valence-electron chi connectivity index (χ3n) is 5.16. The van der Waals surface area contributed by atoms with E-state index in [4.69, 9.17) is 9.47 Å². The van der Waals surface area contributed by atoms with Crippen molar-refractivity contribution in [3.05, 3.63) is 42.0 Å². The summed E-state index contributed by atoms with van der Waals surface area (Å²) >= 11 is 0. The van der Waals surface area contributed by atoms with E-state index in [-0.39, 0.29) is 6.23 Å². The van der Waals surface area contributed by atoms with Crippen molar-refractivity contribution >= 4 is 11.1 Å². The van der Waals surface area contributed by atoms with Crippen molar-refractivity contribution in [1.29, 1.82) is 0 Å². The molecule has 0 N–H and O–H groups in total. The maximum Gasteiger partial charge on any atom is 0.156 e. The van der Waals surface area contributed by atoms with Gasteiger partial charge in [-0.15, -0.1) is 0 Å². The number of hydrogen-bond acceptors (Lipinski definition) is 3. The van der Waals surface area contributed by atoms with Crippen LogP contribution in [-0.2, 0) is 4.74 Å². The lowest BCUT2D eigenvalue weighted by Crippen LogP contribution is -2.47. The van der Waals surface area contributed by atoms with Gasteiger partial charge >= 0.3 is 0 Å². The van der Waals surface area contributed by atoms with Crippen LogP contribution in [-0.4, -0.2) is 37.4 Å². The normalized spacial score (nSPS) is 25.5. The molecule has 0 saturated carbocycles. The summed E-state index contributed by atoms with van der Waals surface area (Å²) in [5, 5.41) is 0. The van der Waals surface area contributed by atoms with Gasteiger partial charge in [0.25, 0.3) is 0 Å². The van der Waals surface area contributed by atoms with Gasteiger partial charge in [-0.25, -0.2) is 0 Å².